The second-order valence-electron chi connectivity index (χ2n) is 7.40. The molecule has 0 bridgehead atoms. The summed E-state index contributed by atoms with van der Waals surface area (Å²) in [6, 6.07) is 7.31. The van der Waals surface area contributed by atoms with Gasteiger partial charge in [0.2, 0.25) is 0 Å². The van der Waals surface area contributed by atoms with E-state index in [0.717, 1.165) is 49.2 Å². The van der Waals surface area contributed by atoms with Gasteiger partial charge in [0.25, 0.3) is 0 Å². The van der Waals surface area contributed by atoms with Gasteiger partial charge in [-0.2, -0.15) is 5.10 Å². The Morgan fingerprint density at radius 3 is 2.50 bits per heavy atom. The molecule has 0 amide bonds. The van der Waals surface area contributed by atoms with E-state index in [0.29, 0.717) is 23.8 Å². The molecule has 0 unspecified atom stereocenters. The minimum Gasteiger partial charge on any atom is -0.314 e. The summed E-state index contributed by atoms with van der Waals surface area (Å²) in [7, 11) is 0. The molecule has 5 rings (SSSR count). The smallest absolute Gasteiger partial charge is 0.155 e. The third-order valence-electron chi connectivity index (χ3n) is 5.30. The van der Waals surface area contributed by atoms with E-state index in [-0.39, 0.29) is 0 Å². The SMILES string of the molecule is Cc1cc(-c2c(-c3cc(F)cc(F)c3)nc3n2CN(N2CCNCC2)N=C3)ccn1. The first-order valence-corrected chi connectivity index (χ1v) is 9.85. The van der Waals surface area contributed by atoms with Gasteiger partial charge in [-0.25, -0.2) is 23.9 Å². The van der Waals surface area contributed by atoms with Crippen molar-refractivity contribution in [3.63, 3.8) is 0 Å². The number of imidazole rings is 1. The quantitative estimate of drug-likeness (QED) is 0.721. The molecule has 2 aliphatic heterocycles. The number of hydrogen-bond donors (Lipinski definition) is 1. The molecule has 0 saturated carbocycles. The Balaban J connectivity index is 1.64. The molecule has 7 nitrogen and oxygen atoms in total. The van der Waals surface area contributed by atoms with Crippen LogP contribution in [0.4, 0.5) is 8.78 Å². The van der Waals surface area contributed by atoms with Crippen LogP contribution in [-0.4, -0.2) is 57.1 Å². The number of nitrogens with one attached hydrogen (secondary N) is 1. The Bertz CT molecular complexity index is 1100. The summed E-state index contributed by atoms with van der Waals surface area (Å²) in [6.45, 7) is 5.88. The fourth-order valence-corrected chi connectivity index (χ4v) is 3.92. The molecule has 1 saturated heterocycles. The van der Waals surface area contributed by atoms with Crippen LogP contribution in [0.15, 0.2) is 41.6 Å². The molecule has 30 heavy (non-hydrogen) atoms. The zero-order chi connectivity index (χ0) is 20.7. The van der Waals surface area contributed by atoms with Crippen LogP contribution in [0.25, 0.3) is 22.5 Å². The van der Waals surface area contributed by atoms with Gasteiger partial charge in [-0.05, 0) is 31.2 Å². The number of nitrogens with zero attached hydrogens (tertiary/aromatic N) is 6. The van der Waals surface area contributed by atoms with Crippen molar-refractivity contribution in [2.24, 2.45) is 5.10 Å². The number of halogens is 2. The Morgan fingerprint density at radius 1 is 1.00 bits per heavy atom. The van der Waals surface area contributed by atoms with E-state index >= 15 is 0 Å². The minimum atomic E-state index is -0.635. The number of aromatic nitrogens is 3. The molecule has 1 N–H and O–H groups in total. The van der Waals surface area contributed by atoms with Crippen molar-refractivity contribution in [2.45, 2.75) is 13.6 Å². The lowest BCUT2D eigenvalue weighted by atomic mass is 10.0. The number of rotatable bonds is 3. The number of piperazine rings is 1. The minimum absolute atomic E-state index is 0.390. The van der Waals surface area contributed by atoms with Gasteiger partial charge in [0.15, 0.2) is 5.82 Å². The fourth-order valence-electron chi connectivity index (χ4n) is 3.92. The summed E-state index contributed by atoms with van der Waals surface area (Å²) in [5, 5.41) is 12.0. The number of hydrogen-bond acceptors (Lipinski definition) is 6. The lowest BCUT2D eigenvalue weighted by Gasteiger charge is -2.37. The van der Waals surface area contributed by atoms with Crippen LogP contribution in [0.2, 0.25) is 0 Å². The van der Waals surface area contributed by atoms with Crippen molar-refractivity contribution in [1.29, 1.82) is 0 Å². The van der Waals surface area contributed by atoms with Crippen molar-refractivity contribution in [2.75, 3.05) is 26.2 Å². The molecular formula is C21H21F2N7. The maximum atomic E-state index is 14.0. The third-order valence-corrected chi connectivity index (χ3v) is 5.30. The number of hydrazine groups is 1. The summed E-state index contributed by atoms with van der Waals surface area (Å²) < 4.78 is 30.0. The molecule has 2 aliphatic rings. The van der Waals surface area contributed by atoms with Crippen LogP contribution in [0.5, 0.6) is 0 Å². The summed E-state index contributed by atoms with van der Waals surface area (Å²) in [5.74, 6) is -0.626. The van der Waals surface area contributed by atoms with Gasteiger partial charge in [0.1, 0.15) is 18.3 Å². The fraction of sp³-hybridized carbons (Fsp3) is 0.286. The summed E-state index contributed by atoms with van der Waals surface area (Å²) in [5.41, 5.74) is 3.43. The Labute approximate surface area is 172 Å². The molecule has 0 radical (unpaired) electrons. The number of aryl methyl sites for hydroxylation is 1. The largest absolute Gasteiger partial charge is 0.314 e. The van der Waals surface area contributed by atoms with Crippen molar-refractivity contribution in [3.8, 4) is 22.5 Å². The molecule has 2 aromatic heterocycles. The highest BCUT2D eigenvalue weighted by Gasteiger charge is 2.26. The average Bonchev–Trinajstić information content (AvgIpc) is 3.12. The zero-order valence-electron chi connectivity index (χ0n) is 16.5. The molecular weight excluding hydrogens is 388 g/mol. The van der Waals surface area contributed by atoms with E-state index < -0.39 is 11.6 Å². The Hall–Kier alpha value is -3.17. The maximum Gasteiger partial charge on any atom is 0.155 e. The Morgan fingerprint density at radius 2 is 1.77 bits per heavy atom. The maximum absolute atomic E-state index is 14.0. The van der Waals surface area contributed by atoms with Gasteiger partial charge in [-0.15, -0.1) is 0 Å². The van der Waals surface area contributed by atoms with Gasteiger partial charge >= 0.3 is 0 Å². The number of hydrazone groups is 1. The molecule has 1 aromatic carbocycles. The van der Waals surface area contributed by atoms with E-state index in [1.807, 2.05) is 28.7 Å². The van der Waals surface area contributed by atoms with Gasteiger partial charge < -0.3 is 9.88 Å². The second-order valence-corrected chi connectivity index (χ2v) is 7.40. The summed E-state index contributed by atoms with van der Waals surface area (Å²) >= 11 is 0. The van der Waals surface area contributed by atoms with E-state index in [1.165, 1.54) is 12.1 Å². The highest BCUT2D eigenvalue weighted by atomic mass is 19.1. The standard InChI is InChI=1S/C21H21F2N7/c1-14-8-15(2-3-25-14)21-20(16-9-17(22)11-18(23)10-16)27-19-12-26-30(13-29(19)21)28-6-4-24-5-7-28/h2-3,8-12,24H,4-7,13H2,1H3. The molecule has 1 fully saturated rings. The lowest BCUT2D eigenvalue weighted by molar-refractivity contribution is -0.0591. The van der Waals surface area contributed by atoms with Crippen LogP contribution in [0.3, 0.4) is 0 Å². The number of benzene rings is 1. The molecule has 9 heteroatoms. The monoisotopic (exact) mass is 409 g/mol. The van der Waals surface area contributed by atoms with Crippen LogP contribution in [0.1, 0.15) is 11.5 Å². The van der Waals surface area contributed by atoms with Gasteiger partial charge in [0.05, 0.1) is 17.6 Å². The second kappa shape index (κ2) is 7.58. The first kappa shape index (κ1) is 18.8. The van der Waals surface area contributed by atoms with Crippen molar-refractivity contribution >= 4 is 6.21 Å². The first-order chi connectivity index (χ1) is 14.6. The average molecular weight is 409 g/mol. The van der Waals surface area contributed by atoms with Gasteiger partial charge in [0, 0.05) is 55.3 Å². The molecule has 0 atom stereocenters. The molecule has 3 aromatic rings. The number of pyridine rings is 1. The van der Waals surface area contributed by atoms with E-state index in [2.05, 4.69) is 20.4 Å². The third kappa shape index (κ3) is 3.46. The molecule has 154 valence electrons. The summed E-state index contributed by atoms with van der Waals surface area (Å²) in [4.78, 5) is 8.97. The van der Waals surface area contributed by atoms with Gasteiger partial charge in [-0.1, -0.05) is 0 Å². The van der Waals surface area contributed by atoms with Crippen molar-refractivity contribution < 1.29 is 8.78 Å². The molecule has 0 spiro atoms. The molecule has 4 heterocycles. The van der Waals surface area contributed by atoms with Crippen LogP contribution in [0, 0.1) is 18.6 Å². The van der Waals surface area contributed by atoms with E-state index in [9.17, 15) is 8.78 Å². The highest BCUT2D eigenvalue weighted by Crippen LogP contribution is 2.34. The number of fused-ring (bicyclic) bond motifs is 1. The topological polar surface area (TPSA) is 61.6 Å². The van der Waals surface area contributed by atoms with Crippen molar-refractivity contribution in [1.82, 2.24) is 30.0 Å². The summed E-state index contributed by atoms with van der Waals surface area (Å²) in [6.07, 6.45) is 3.42. The molecule has 0 aliphatic carbocycles. The predicted octanol–water partition coefficient (Wildman–Crippen LogP) is 2.63. The van der Waals surface area contributed by atoms with E-state index in [1.54, 1.807) is 12.4 Å². The Kier molecular flexibility index (Phi) is 4.76. The first-order valence-electron chi connectivity index (χ1n) is 9.85. The van der Waals surface area contributed by atoms with E-state index in [4.69, 9.17) is 4.98 Å². The van der Waals surface area contributed by atoms with Crippen LogP contribution in [-0.2, 0) is 6.67 Å². The van der Waals surface area contributed by atoms with Crippen LogP contribution >= 0.6 is 0 Å². The normalized spacial score (nSPS) is 16.7. The van der Waals surface area contributed by atoms with Crippen LogP contribution < -0.4 is 5.32 Å². The predicted molar refractivity (Wildman–Crippen MR) is 109 cm³/mol. The lowest BCUT2D eigenvalue weighted by Crippen LogP contribution is -2.51. The zero-order valence-corrected chi connectivity index (χ0v) is 16.5. The van der Waals surface area contributed by atoms with Crippen molar-refractivity contribution in [3.05, 3.63) is 59.7 Å². The highest BCUT2D eigenvalue weighted by molar-refractivity contribution is 5.85. The van der Waals surface area contributed by atoms with Gasteiger partial charge in [-0.3, -0.25) is 4.98 Å².